The molecule has 0 aliphatic carbocycles. The zero-order valence-corrected chi connectivity index (χ0v) is 22.5. The SMILES string of the molecule is COCCCOc1cc(C[C@@H](C[C@H](N)[C@@H](O)CN2CCCCC2)C(C)C)ccc1OC.Cl.Cl. The third-order valence-electron chi connectivity index (χ3n) is 6.38. The normalized spacial score (nSPS) is 16.9. The van der Waals surface area contributed by atoms with Gasteiger partial charge in [-0.3, -0.25) is 0 Å². The number of aliphatic hydroxyl groups excluding tert-OH is 1. The van der Waals surface area contributed by atoms with Gasteiger partial charge >= 0.3 is 0 Å². The van der Waals surface area contributed by atoms with Crippen molar-refractivity contribution in [3.05, 3.63) is 23.8 Å². The molecule has 0 saturated carbocycles. The standard InChI is InChI=1S/C25H44N2O4.2ClH/c1-19(2)21(17-22(26)23(28)18-27-11-6-5-7-12-27)15-20-9-10-24(30-4)25(16-20)31-14-8-13-29-3;;/h9-10,16,19,21-23,28H,5-8,11-15,17-18,26H2,1-4H3;2*1H/t21-,22-,23-;;/m0../s1. The van der Waals surface area contributed by atoms with Crippen molar-refractivity contribution >= 4 is 24.8 Å². The number of piperidine rings is 1. The van der Waals surface area contributed by atoms with Gasteiger partial charge in [0.1, 0.15) is 0 Å². The average Bonchev–Trinajstić information content (AvgIpc) is 2.77. The number of hydrogen-bond acceptors (Lipinski definition) is 6. The minimum atomic E-state index is -0.477. The summed E-state index contributed by atoms with van der Waals surface area (Å²) in [5.41, 5.74) is 7.67. The number of rotatable bonds is 14. The summed E-state index contributed by atoms with van der Waals surface area (Å²) in [6.45, 7) is 8.59. The van der Waals surface area contributed by atoms with E-state index >= 15 is 0 Å². The fraction of sp³-hybridized carbons (Fsp3) is 0.760. The Morgan fingerprint density at radius 2 is 1.73 bits per heavy atom. The van der Waals surface area contributed by atoms with Gasteiger partial charge in [0, 0.05) is 32.7 Å². The monoisotopic (exact) mass is 508 g/mol. The van der Waals surface area contributed by atoms with E-state index in [1.807, 2.05) is 6.07 Å². The van der Waals surface area contributed by atoms with Crippen molar-refractivity contribution in [1.82, 2.24) is 4.90 Å². The van der Waals surface area contributed by atoms with E-state index in [1.165, 1.54) is 24.8 Å². The number of ether oxygens (including phenoxy) is 3. The van der Waals surface area contributed by atoms with Crippen molar-refractivity contribution in [2.45, 2.75) is 64.5 Å². The minimum absolute atomic E-state index is 0. The van der Waals surface area contributed by atoms with E-state index in [0.29, 0.717) is 31.6 Å². The number of nitrogens with zero attached hydrogens (tertiary/aromatic N) is 1. The number of β-amino-alcohol motifs (C(OH)–C–C–N with tert-alkyl or cyclic N) is 1. The predicted molar refractivity (Wildman–Crippen MR) is 140 cm³/mol. The van der Waals surface area contributed by atoms with Crippen molar-refractivity contribution in [2.75, 3.05) is 47.1 Å². The van der Waals surface area contributed by atoms with E-state index in [0.717, 1.165) is 43.9 Å². The maximum atomic E-state index is 10.7. The molecule has 194 valence electrons. The molecule has 1 aliphatic rings. The molecular weight excluding hydrogens is 463 g/mol. The van der Waals surface area contributed by atoms with E-state index < -0.39 is 6.10 Å². The fourth-order valence-corrected chi connectivity index (χ4v) is 4.29. The maximum Gasteiger partial charge on any atom is 0.161 e. The molecule has 2 rings (SSSR count). The molecule has 1 fully saturated rings. The van der Waals surface area contributed by atoms with Crippen LogP contribution in [0.25, 0.3) is 0 Å². The Bertz CT molecular complexity index is 630. The highest BCUT2D eigenvalue weighted by Gasteiger charge is 2.25. The molecule has 6 nitrogen and oxygen atoms in total. The number of aliphatic hydroxyl groups is 1. The summed E-state index contributed by atoms with van der Waals surface area (Å²) < 4.78 is 16.5. The van der Waals surface area contributed by atoms with Crippen LogP contribution in [-0.4, -0.2) is 69.2 Å². The molecule has 3 atom stereocenters. The second-order valence-electron chi connectivity index (χ2n) is 9.22. The molecule has 33 heavy (non-hydrogen) atoms. The summed E-state index contributed by atoms with van der Waals surface area (Å²) >= 11 is 0. The van der Waals surface area contributed by atoms with Gasteiger partial charge in [-0.25, -0.2) is 0 Å². The summed E-state index contributed by atoms with van der Waals surface area (Å²) in [4.78, 5) is 2.36. The highest BCUT2D eigenvalue weighted by Crippen LogP contribution is 2.31. The smallest absolute Gasteiger partial charge is 0.161 e. The number of methoxy groups -OCH3 is 2. The number of likely N-dealkylation sites (tertiary alicyclic amines) is 1. The number of hydrogen-bond donors (Lipinski definition) is 2. The van der Waals surface area contributed by atoms with Gasteiger partial charge in [0.2, 0.25) is 0 Å². The van der Waals surface area contributed by atoms with Crippen LogP contribution in [0.4, 0.5) is 0 Å². The summed E-state index contributed by atoms with van der Waals surface area (Å²) in [6, 6.07) is 5.95. The molecule has 0 radical (unpaired) electrons. The minimum Gasteiger partial charge on any atom is -0.493 e. The van der Waals surface area contributed by atoms with Crippen molar-refractivity contribution in [3.63, 3.8) is 0 Å². The number of nitrogens with two attached hydrogens (primary N) is 1. The summed E-state index contributed by atoms with van der Waals surface area (Å²) in [7, 11) is 3.36. The number of halogens is 2. The van der Waals surface area contributed by atoms with Crippen molar-refractivity contribution in [2.24, 2.45) is 17.6 Å². The van der Waals surface area contributed by atoms with Crippen LogP contribution in [0, 0.1) is 11.8 Å². The van der Waals surface area contributed by atoms with Gasteiger partial charge in [0.25, 0.3) is 0 Å². The van der Waals surface area contributed by atoms with Crippen molar-refractivity contribution < 1.29 is 19.3 Å². The first-order valence-corrected chi connectivity index (χ1v) is 11.9. The number of benzene rings is 1. The molecule has 8 heteroatoms. The molecule has 0 bridgehead atoms. The summed E-state index contributed by atoms with van der Waals surface area (Å²) in [5.74, 6) is 2.38. The molecular formula is C25H46Cl2N2O4. The van der Waals surface area contributed by atoms with Gasteiger partial charge in [-0.15, -0.1) is 24.8 Å². The highest BCUT2D eigenvalue weighted by atomic mass is 35.5. The third kappa shape index (κ3) is 11.5. The lowest BCUT2D eigenvalue weighted by Crippen LogP contribution is -2.46. The van der Waals surface area contributed by atoms with Crippen molar-refractivity contribution in [3.8, 4) is 11.5 Å². The van der Waals surface area contributed by atoms with Crippen LogP contribution < -0.4 is 15.2 Å². The van der Waals surface area contributed by atoms with Crippen LogP contribution in [0.2, 0.25) is 0 Å². The quantitative estimate of drug-likeness (QED) is 0.364. The Balaban J connectivity index is 0.00000512. The Morgan fingerprint density at radius 1 is 1.03 bits per heavy atom. The lowest BCUT2D eigenvalue weighted by molar-refractivity contribution is 0.0722. The lowest BCUT2D eigenvalue weighted by Gasteiger charge is -2.32. The lowest BCUT2D eigenvalue weighted by atomic mass is 9.83. The van der Waals surface area contributed by atoms with Crippen LogP contribution in [0.15, 0.2) is 18.2 Å². The van der Waals surface area contributed by atoms with Gasteiger partial charge in [-0.2, -0.15) is 0 Å². The average molecular weight is 510 g/mol. The van der Waals surface area contributed by atoms with Gasteiger partial charge in [-0.1, -0.05) is 26.3 Å². The van der Waals surface area contributed by atoms with E-state index in [-0.39, 0.29) is 30.9 Å². The zero-order valence-electron chi connectivity index (χ0n) is 20.8. The molecule has 0 amide bonds. The van der Waals surface area contributed by atoms with Crippen LogP contribution in [-0.2, 0) is 11.2 Å². The molecule has 1 aromatic rings. The first-order chi connectivity index (χ1) is 14.9. The first-order valence-electron chi connectivity index (χ1n) is 11.9. The molecule has 0 unspecified atom stereocenters. The van der Waals surface area contributed by atoms with Crippen molar-refractivity contribution in [1.29, 1.82) is 0 Å². The maximum absolute atomic E-state index is 10.7. The zero-order chi connectivity index (χ0) is 22.6. The van der Waals surface area contributed by atoms with E-state index in [2.05, 4.69) is 30.9 Å². The summed E-state index contributed by atoms with van der Waals surface area (Å²) in [5, 5.41) is 10.7. The van der Waals surface area contributed by atoms with E-state index in [1.54, 1.807) is 14.2 Å². The third-order valence-corrected chi connectivity index (χ3v) is 6.38. The van der Waals surface area contributed by atoms with Crippen LogP contribution in [0.5, 0.6) is 11.5 Å². The second kappa shape index (κ2) is 17.6. The Morgan fingerprint density at radius 3 is 2.33 bits per heavy atom. The largest absolute Gasteiger partial charge is 0.493 e. The highest BCUT2D eigenvalue weighted by molar-refractivity contribution is 5.85. The molecule has 1 aliphatic heterocycles. The second-order valence-corrected chi connectivity index (χ2v) is 9.22. The van der Waals surface area contributed by atoms with Gasteiger partial charge in [0.05, 0.1) is 19.8 Å². The fourth-order valence-electron chi connectivity index (χ4n) is 4.29. The molecule has 3 N–H and O–H groups in total. The molecule has 1 aromatic carbocycles. The Hall–Kier alpha value is -0.760. The topological polar surface area (TPSA) is 77.2 Å². The van der Waals surface area contributed by atoms with E-state index in [9.17, 15) is 5.11 Å². The molecule has 0 aromatic heterocycles. The molecule has 0 spiro atoms. The Kier molecular flexibility index (Phi) is 17.2. The predicted octanol–water partition coefficient (Wildman–Crippen LogP) is 4.33. The first kappa shape index (κ1) is 32.2. The Labute approximate surface area is 213 Å². The van der Waals surface area contributed by atoms with E-state index in [4.69, 9.17) is 19.9 Å². The summed E-state index contributed by atoms with van der Waals surface area (Å²) in [6.07, 6.45) is 5.82. The molecule has 1 saturated heterocycles. The van der Waals surface area contributed by atoms with Gasteiger partial charge in [-0.05, 0) is 68.3 Å². The van der Waals surface area contributed by atoms with Crippen LogP contribution in [0.3, 0.4) is 0 Å². The van der Waals surface area contributed by atoms with Crippen LogP contribution in [0.1, 0.15) is 51.5 Å². The van der Waals surface area contributed by atoms with Gasteiger partial charge < -0.3 is 30.0 Å². The van der Waals surface area contributed by atoms with Crippen LogP contribution >= 0.6 is 24.8 Å². The van der Waals surface area contributed by atoms with Gasteiger partial charge in [0.15, 0.2) is 11.5 Å². The molecule has 1 heterocycles.